The van der Waals surface area contributed by atoms with E-state index in [-0.39, 0.29) is 5.41 Å². The molecule has 7 rings (SSSR count). The maximum atomic E-state index is 2.62. The smallest absolute Gasteiger partial charge is 0.0453 e. The molecule has 2 heterocycles. The standard InChI is InChI=1S/C30H25N/c1-30(2)26-11-7-6-10-24(26)25-18-29-22(17-27(25)30)16-23-15-21-14-20(12-13-28(21)31(23)29)19-8-4-3-5-9-19/h3-14,17-18,23H,15-16H2,1-2H3. The molecular formula is C30H25N. The summed E-state index contributed by atoms with van der Waals surface area (Å²) < 4.78 is 0. The van der Waals surface area contributed by atoms with Crippen molar-refractivity contribution in [1.29, 1.82) is 0 Å². The summed E-state index contributed by atoms with van der Waals surface area (Å²) in [6.45, 7) is 4.75. The first-order valence-corrected chi connectivity index (χ1v) is 11.4. The molecule has 4 aromatic rings. The van der Waals surface area contributed by atoms with Gasteiger partial charge in [0.2, 0.25) is 0 Å². The average Bonchev–Trinajstić information content (AvgIpc) is 3.39. The monoisotopic (exact) mass is 399 g/mol. The van der Waals surface area contributed by atoms with Crippen LogP contribution in [0.15, 0.2) is 84.9 Å². The highest BCUT2D eigenvalue weighted by molar-refractivity contribution is 5.88. The van der Waals surface area contributed by atoms with Gasteiger partial charge in [0.25, 0.3) is 0 Å². The van der Waals surface area contributed by atoms with Gasteiger partial charge in [0.05, 0.1) is 0 Å². The van der Waals surface area contributed by atoms with Gasteiger partial charge in [0.1, 0.15) is 0 Å². The lowest BCUT2D eigenvalue weighted by Crippen LogP contribution is -2.22. The van der Waals surface area contributed by atoms with Gasteiger partial charge in [0.15, 0.2) is 0 Å². The largest absolute Gasteiger partial charge is 0.337 e. The summed E-state index contributed by atoms with van der Waals surface area (Å²) in [5, 5.41) is 0. The lowest BCUT2D eigenvalue weighted by atomic mass is 9.81. The van der Waals surface area contributed by atoms with E-state index in [1.165, 1.54) is 55.9 Å². The van der Waals surface area contributed by atoms with E-state index in [1.807, 2.05) is 0 Å². The highest BCUT2D eigenvalue weighted by atomic mass is 15.2. The average molecular weight is 400 g/mol. The van der Waals surface area contributed by atoms with Crippen molar-refractivity contribution in [3.8, 4) is 22.3 Å². The molecule has 3 aliphatic rings. The molecule has 0 radical (unpaired) electrons. The minimum Gasteiger partial charge on any atom is -0.337 e. The van der Waals surface area contributed by atoms with Crippen LogP contribution in [0.3, 0.4) is 0 Å². The summed E-state index contributed by atoms with van der Waals surface area (Å²) in [4.78, 5) is 2.62. The predicted octanol–water partition coefficient (Wildman–Crippen LogP) is 7.28. The van der Waals surface area contributed by atoms with Crippen LogP contribution in [0.5, 0.6) is 0 Å². The van der Waals surface area contributed by atoms with E-state index in [0.29, 0.717) is 6.04 Å². The van der Waals surface area contributed by atoms with Crippen molar-refractivity contribution in [2.45, 2.75) is 38.1 Å². The van der Waals surface area contributed by atoms with Crippen molar-refractivity contribution < 1.29 is 0 Å². The van der Waals surface area contributed by atoms with Gasteiger partial charge in [-0.1, -0.05) is 80.6 Å². The van der Waals surface area contributed by atoms with Crippen molar-refractivity contribution in [1.82, 2.24) is 0 Å². The first-order chi connectivity index (χ1) is 15.1. The SMILES string of the molecule is CC1(C)c2ccccc2-c2cc3c(cc21)CC1Cc2cc(-c4ccccc4)ccc2N31. The second-order valence-electron chi connectivity index (χ2n) is 9.84. The number of nitrogens with zero attached hydrogens (tertiary/aromatic N) is 1. The molecular weight excluding hydrogens is 374 g/mol. The van der Waals surface area contributed by atoms with Crippen molar-refractivity contribution in [3.63, 3.8) is 0 Å². The van der Waals surface area contributed by atoms with Gasteiger partial charge in [-0.2, -0.15) is 0 Å². The van der Waals surface area contributed by atoms with Crippen molar-refractivity contribution in [3.05, 3.63) is 107 Å². The van der Waals surface area contributed by atoms with Crippen LogP contribution in [0.25, 0.3) is 22.3 Å². The molecule has 0 N–H and O–H groups in total. The third kappa shape index (κ3) is 2.27. The lowest BCUT2D eigenvalue weighted by molar-refractivity contribution is 0.658. The maximum Gasteiger partial charge on any atom is 0.0453 e. The van der Waals surface area contributed by atoms with Gasteiger partial charge in [-0.15, -0.1) is 0 Å². The van der Waals surface area contributed by atoms with Crippen LogP contribution >= 0.6 is 0 Å². The number of fused-ring (bicyclic) bond motifs is 8. The second-order valence-corrected chi connectivity index (χ2v) is 9.84. The summed E-state index contributed by atoms with van der Waals surface area (Å²) in [6.07, 6.45) is 2.28. The molecule has 0 spiro atoms. The van der Waals surface area contributed by atoms with Crippen LogP contribution in [-0.4, -0.2) is 6.04 Å². The Morgan fingerprint density at radius 2 is 1.39 bits per heavy atom. The summed E-state index contributed by atoms with van der Waals surface area (Å²) in [7, 11) is 0. The van der Waals surface area contributed by atoms with E-state index < -0.39 is 0 Å². The number of anilines is 2. The molecule has 0 aromatic heterocycles. The number of benzene rings is 4. The van der Waals surface area contributed by atoms with Crippen LogP contribution in [0, 0.1) is 0 Å². The summed E-state index contributed by atoms with van der Waals surface area (Å²) in [6, 6.07) is 32.3. The first-order valence-electron chi connectivity index (χ1n) is 11.4. The minimum atomic E-state index is 0.0798. The minimum absolute atomic E-state index is 0.0798. The van der Waals surface area contributed by atoms with E-state index >= 15 is 0 Å². The zero-order chi connectivity index (χ0) is 20.7. The Morgan fingerprint density at radius 3 is 2.23 bits per heavy atom. The van der Waals surface area contributed by atoms with Crippen LogP contribution in [0.4, 0.5) is 11.4 Å². The predicted molar refractivity (Wildman–Crippen MR) is 129 cm³/mol. The molecule has 1 aliphatic carbocycles. The normalized spacial score (nSPS) is 18.9. The molecule has 1 atom stereocenters. The molecule has 0 bridgehead atoms. The fourth-order valence-electron chi connectivity index (χ4n) is 6.25. The van der Waals surface area contributed by atoms with Crippen LogP contribution in [-0.2, 0) is 18.3 Å². The molecule has 0 fully saturated rings. The fourth-order valence-corrected chi connectivity index (χ4v) is 6.25. The lowest BCUT2D eigenvalue weighted by Gasteiger charge is -2.23. The van der Waals surface area contributed by atoms with Gasteiger partial charge in [-0.25, -0.2) is 0 Å². The van der Waals surface area contributed by atoms with Gasteiger partial charge >= 0.3 is 0 Å². The molecule has 4 aromatic carbocycles. The molecule has 31 heavy (non-hydrogen) atoms. The van der Waals surface area contributed by atoms with Crippen LogP contribution in [0.1, 0.15) is 36.1 Å². The van der Waals surface area contributed by atoms with E-state index in [4.69, 9.17) is 0 Å². The Bertz CT molecular complexity index is 1360. The molecule has 0 saturated heterocycles. The second kappa shape index (κ2) is 5.88. The Kier molecular flexibility index (Phi) is 3.30. The van der Waals surface area contributed by atoms with Gasteiger partial charge in [-0.3, -0.25) is 0 Å². The first kappa shape index (κ1) is 17.4. The molecule has 1 unspecified atom stereocenters. The van der Waals surface area contributed by atoms with Crippen LogP contribution < -0.4 is 4.90 Å². The molecule has 0 amide bonds. The summed E-state index contributed by atoms with van der Waals surface area (Å²) >= 11 is 0. The topological polar surface area (TPSA) is 3.24 Å². The van der Waals surface area contributed by atoms with Crippen molar-refractivity contribution in [2.24, 2.45) is 0 Å². The van der Waals surface area contributed by atoms with E-state index in [1.54, 1.807) is 0 Å². The van der Waals surface area contributed by atoms with Gasteiger partial charge < -0.3 is 4.90 Å². The third-order valence-corrected chi connectivity index (χ3v) is 7.76. The number of hydrogen-bond acceptors (Lipinski definition) is 1. The van der Waals surface area contributed by atoms with Crippen molar-refractivity contribution >= 4 is 11.4 Å². The Hall–Kier alpha value is -3.32. The van der Waals surface area contributed by atoms with Crippen molar-refractivity contribution in [2.75, 3.05) is 4.90 Å². The molecule has 0 saturated carbocycles. The highest BCUT2D eigenvalue weighted by Crippen LogP contribution is 2.54. The quantitative estimate of drug-likeness (QED) is 0.325. The summed E-state index contributed by atoms with van der Waals surface area (Å²) in [5.74, 6) is 0. The Labute approximate surface area is 184 Å². The van der Waals surface area contributed by atoms with E-state index in [0.717, 1.165) is 12.8 Å². The zero-order valence-corrected chi connectivity index (χ0v) is 18.0. The Morgan fingerprint density at radius 1 is 0.645 bits per heavy atom. The maximum absolute atomic E-state index is 2.62. The molecule has 2 aliphatic heterocycles. The third-order valence-electron chi connectivity index (χ3n) is 7.76. The number of rotatable bonds is 1. The molecule has 150 valence electrons. The fraction of sp³-hybridized carbons (Fsp3) is 0.200. The van der Waals surface area contributed by atoms with Gasteiger partial charge in [0, 0.05) is 22.8 Å². The van der Waals surface area contributed by atoms with Gasteiger partial charge in [-0.05, 0) is 75.5 Å². The van der Waals surface area contributed by atoms with E-state index in [2.05, 4.69) is 104 Å². The summed E-state index contributed by atoms with van der Waals surface area (Å²) in [5.41, 5.74) is 14.3. The number of hydrogen-bond donors (Lipinski definition) is 0. The van der Waals surface area contributed by atoms with Crippen LogP contribution in [0.2, 0.25) is 0 Å². The zero-order valence-electron chi connectivity index (χ0n) is 18.0. The van der Waals surface area contributed by atoms with E-state index in [9.17, 15) is 0 Å². The highest BCUT2D eigenvalue weighted by Gasteiger charge is 2.41. The molecule has 1 nitrogen and oxygen atoms in total. The molecule has 1 heteroatoms. The Balaban J connectivity index is 1.36.